The fourth-order valence-corrected chi connectivity index (χ4v) is 9.61. The van der Waals surface area contributed by atoms with Gasteiger partial charge >= 0.3 is 17.9 Å². The van der Waals surface area contributed by atoms with Crippen molar-refractivity contribution < 1.29 is 28.6 Å². The molecule has 436 valence electrons. The van der Waals surface area contributed by atoms with Gasteiger partial charge in [-0.3, -0.25) is 14.4 Å². The van der Waals surface area contributed by atoms with Gasteiger partial charge in [0.2, 0.25) is 0 Å². The Hall–Kier alpha value is -2.89. The van der Waals surface area contributed by atoms with E-state index in [1.165, 1.54) is 199 Å². The molecule has 0 spiro atoms. The number of hydrogen-bond donors (Lipinski definition) is 0. The molecule has 0 aromatic rings. The third-order valence-electron chi connectivity index (χ3n) is 14.5. The van der Waals surface area contributed by atoms with Crippen molar-refractivity contribution in [3.63, 3.8) is 0 Å². The largest absolute Gasteiger partial charge is 0.462 e. The number of carbonyl (C=O) groups excluding carboxylic acids is 3. The van der Waals surface area contributed by atoms with Crippen molar-refractivity contribution >= 4 is 17.9 Å². The smallest absolute Gasteiger partial charge is 0.306 e. The summed E-state index contributed by atoms with van der Waals surface area (Å²) >= 11 is 0. The number of ether oxygens (including phenoxy) is 3. The van der Waals surface area contributed by atoms with E-state index in [-0.39, 0.29) is 31.1 Å². The van der Waals surface area contributed by atoms with Crippen LogP contribution in [-0.2, 0) is 28.6 Å². The average Bonchev–Trinajstić information content (AvgIpc) is 3.41. The number of rotatable bonds is 60. The molecule has 0 bridgehead atoms. The van der Waals surface area contributed by atoms with Crippen molar-refractivity contribution in [3.05, 3.63) is 60.8 Å². The first-order valence-electron chi connectivity index (χ1n) is 32.8. The standard InChI is InChI=1S/C69H124O6/c1-4-7-10-13-16-18-20-22-24-25-26-27-28-29-30-31-32-33-34-35-36-37-38-39-40-41-42-43-45-46-48-50-53-56-59-62-68(71)74-65-66(64-73-67(70)61-58-55-52-15-12-9-6-3)75-69(72)63-60-57-54-51-49-47-44-23-21-19-17-14-11-8-5-2/h8,11,17,19-20,22-23,25-26,44,66H,4-7,9-10,12-16,18,21,24,27-43,45-65H2,1-3H3/b11-8-,19-17-,22-20-,26-25-,44-23-. The Labute approximate surface area is 466 Å². The lowest BCUT2D eigenvalue weighted by atomic mass is 10.0. The van der Waals surface area contributed by atoms with Crippen LogP contribution < -0.4 is 0 Å². The van der Waals surface area contributed by atoms with E-state index in [1.807, 2.05) is 0 Å². The van der Waals surface area contributed by atoms with Gasteiger partial charge in [-0.05, 0) is 83.5 Å². The summed E-state index contributed by atoms with van der Waals surface area (Å²) in [5.41, 5.74) is 0. The van der Waals surface area contributed by atoms with E-state index in [9.17, 15) is 14.4 Å². The molecule has 0 heterocycles. The first-order valence-corrected chi connectivity index (χ1v) is 32.8. The van der Waals surface area contributed by atoms with Crippen LogP contribution in [0.15, 0.2) is 60.8 Å². The lowest BCUT2D eigenvalue weighted by molar-refractivity contribution is -0.167. The third kappa shape index (κ3) is 61.8. The zero-order valence-corrected chi connectivity index (χ0v) is 50.1. The van der Waals surface area contributed by atoms with Gasteiger partial charge in [0.05, 0.1) is 0 Å². The first kappa shape index (κ1) is 72.1. The summed E-state index contributed by atoms with van der Waals surface area (Å²) in [5, 5.41) is 0. The predicted octanol–water partition coefficient (Wildman–Crippen LogP) is 22.3. The second-order valence-corrected chi connectivity index (χ2v) is 22.0. The molecule has 0 aromatic heterocycles. The molecule has 0 saturated carbocycles. The van der Waals surface area contributed by atoms with Crippen LogP contribution in [0, 0.1) is 0 Å². The summed E-state index contributed by atoms with van der Waals surface area (Å²) < 4.78 is 16.8. The average molecular weight is 1050 g/mol. The summed E-state index contributed by atoms with van der Waals surface area (Å²) in [6.45, 7) is 6.49. The molecule has 75 heavy (non-hydrogen) atoms. The normalized spacial score (nSPS) is 12.4. The number of esters is 3. The van der Waals surface area contributed by atoms with E-state index >= 15 is 0 Å². The van der Waals surface area contributed by atoms with Crippen LogP contribution in [0.1, 0.15) is 342 Å². The molecular weight excluding hydrogens is 925 g/mol. The van der Waals surface area contributed by atoms with Crippen LogP contribution in [0.25, 0.3) is 0 Å². The van der Waals surface area contributed by atoms with Crippen molar-refractivity contribution in [1.29, 1.82) is 0 Å². The zero-order valence-electron chi connectivity index (χ0n) is 50.1. The molecule has 0 aliphatic rings. The minimum Gasteiger partial charge on any atom is -0.462 e. The lowest BCUT2D eigenvalue weighted by Gasteiger charge is -2.18. The topological polar surface area (TPSA) is 78.9 Å². The van der Waals surface area contributed by atoms with Gasteiger partial charge in [0.1, 0.15) is 13.2 Å². The first-order chi connectivity index (χ1) is 37.0. The molecule has 6 heteroatoms. The van der Waals surface area contributed by atoms with Gasteiger partial charge in [0.25, 0.3) is 0 Å². The summed E-state index contributed by atoms with van der Waals surface area (Å²) in [4.78, 5) is 38.0. The molecule has 6 nitrogen and oxygen atoms in total. The van der Waals surface area contributed by atoms with Crippen molar-refractivity contribution in [2.45, 2.75) is 348 Å². The van der Waals surface area contributed by atoms with Crippen LogP contribution in [0.4, 0.5) is 0 Å². The molecule has 0 amide bonds. The van der Waals surface area contributed by atoms with Crippen molar-refractivity contribution in [1.82, 2.24) is 0 Å². The molecule has 0 saturated heterocycles. The van der Waals surface area contributed by atoms with Gasteiger partial charge in [-0.1, -0.05) is 300 Å². The van der Waals surface area contributed by atoms with Crippen LogP contribution in [0.5, 0.6) is 0 Å². The van der Waals surface area contributed by atoms with Gasteiger partial charge in [-0.2, -0.15) is 0 Å². The Balaban J connectivity index is 3.93. The van der Waals surface area contributed by atoms with E-state index in [2.05, 4.69) is 81.5 Å². The molecule has 0 rings (SSSR count). The summed E-state index contributed by atoms with van der Waals surface area (Å²) in [7, 11) is 0. The number of hydrogen-bond acceptors (Lipinski definition) is 6. The van der Waals surface area contributed by atoms with Crippen LogP contribution in [-0.4, -0.2) is 37.2 Å². The fraction of sp³-hybridized carbons (Fsp3) is 0.812. The maximum Gasteiger partial charge on any atom is 0.306 e. The quantitative estimate of drug-likeness (QED) is 0.0261. The van der Waals surface area contributed by atoms with Crippen molar-refractivity contribution in [2.24, 2.45) is 0 Å². The number of unbranched alkanes of at least 4 members (excludes halogenated alkanes) is 39. The van der Waals surface area contributed by atoms with Gasteiger partial charge in [0.15, 0.2) is 6.10 Å². The molecule has 0 aliphatic carbocycles. The van der Waals surface area contributed by atoms with Gasteiger partial charge in [-0.25, -0.2) is 0 Å². The highest BCUT2D eigenvalue weighted by Crippen LogP contribution is 2.18. The van der Waals surface area contributed by atoms with E-state index < -0.39 is 6.10 Å². The minimum atomic E-state index is -0.778. The maximum atomic E-state index is 12.8. The van der Waals surface area contributed by atoms with Gasteiger partial charge < -0.3 is 14.2 Å². The summed E-state index contributed by atoms with van der Waals surface area (Å²) in [5.74, 6) is -0.887. The highest BCUT2D eigenvalue weighted by Gasteiger charge is 2.19. The highest BCUT2D eigenvalue weighted by molar-refractivity contribution is 5.71. The Morgan fingerprint density at radius 2 is 0.520 bits per heavy atom. The predicted molar refractivity (Wildman–Crippen MR) is 325 cm³/mol. The number of allylic oxidation sites excluding steroid dienone is 10. The highest BCUT2D eigenvalue weighted by atomic mass is 16.6. The summed E-state index contributed by atoms with van der Waals surface area (Å²) in [6, 6.07) is 0. The second-order valence-electron chi connectivity index (χ2n) is 22.0. The molecule has 0 radical (unpaired) electrons. The van der Waals surface area contributed by atoms with E-state index in [0.29, 0.717) is 19.3 Å². The fourth-order valence-electron chi connectivity index (χ4n) is 9.61. The van der Waals surface area contributed by atoms with Crippen LogP contribution in [0.3, 0.4) is 0 Å². The lowest BCUT2D eigenvalue weighted by Crippen LogP contribution is -2.30. The summed E-state index contributed by atoms with van der Waals surface area (Å²) in [6.07, 6.45) is 81.4. The van der Waals surface area contributed by atoms with Gasteiger partial charge in [0, 0.05) is 19.3 Å². The molecule has 0 N–H and O–H groups in total. The molecule has 0 fully saturated rings. The van der Waals surface area contributed by atoms with Crippen LogP contribution in [0.2, 0.25) is 0 Å². The zero-order chi connectivity index (χ0) is 54.3. The minimum absolute atomic E-state index is 0.0773. The van der Waals surface area contributed by atoms with Crippen molar-refractivity contribution in [3.8, 4) is 0 Å². The molecule has 0 aliphatic heterocycles. The second kappa shape index (κ2) is 63.6. The Morgan fingerprint density at radius 3 is 0.813 bits per heavy atom. The Morgan fingerprint density at radius 1 is 0.280 bits per heavy atom. The molecule has 1 unspecified atom stereocenters. The Bertz CT molecular complexity index is 1340. The molecule has 1 atom stereocenters. The molecular formula is C69H124O6. The van der Waals surface area contributed by atoms with Crippen molar-refractivity contribution in [2.75, 3.05) is 13.2 Å². The van der Waals surface area contributed by atoms with Gasteiger partial charge in [-0.15, -0.1) is 0 Å². The van der Waals surface area contributed by atoms with E-state index in [0.717, 1.165) is 103 Å². The Kier molecular flexibility index (Phi) is 61.2. The molecule has 0 aromatic carbocycles. The SMILES string of the molecule is CC/C=C\C/C=C\C/C=C\CCCCCCCC(=O)OC(COC(=O)CCCCCCCCC)COC(=O)CCCCCCCCCCCCCCCCCCCCCCCCC/C=C\C/C=C\CCCCCCC. The van der Waals surface area contributed by atoms with Crippen LogP contribution >= 0.6 is 0 Å². The maximum absolute atomic E-state index is 12.8. The van der Waals surface area contributed by atoms with E-state index in [1.54, 1.807) is 0 Å². The van der Waals surface area contributed by atoms with E-state index in [4.69, 9.17) is 14.2 Å². The monoisotopic (exact) mass is 1050 g/mol. The third-order valence-corrected chi connectivity index (χ3v) is 14.5. The number of carbonyl (C=O) groups is 3.